The number of nitrogens with zero attached hydrogens (tertiary/aromatic N) is 3. The molecule has 2 saturated heterocycles. The van der Waals surface area contributed by atoms with E-state index in [9.17, 15) is 5.11 Å². The van der Waals surface area contributed by atoms with E-state index in [0.29, 0.717) is 5.25 Å². The maximum atomic E-state index is 9.63. The highest BCUT2D eigenvalue weighted by Crippen LogP contribution is 2.21. The number of guanidine groups is 1. The number of nitrogens with one attached hydrogen (secondary N) is 1. The molecule has 0 saturated carbocycles. The van der Waals surface area contributed by atoms with Gasteiger partial charge < -0.3 is 15.3 Å². The highest BCUT2D eigenvalue weighted by Gasteiger charge is 2.21. The molecule has 3 rings (SSSR count). The van der Waals surface area contributed by atoms with Crippen LogP contribution >= 0.6 is 11.8 Å². The zero-order valence-electron chi connectivity index (χ0n) is 16.7. The van der Waals surface area contributed by atoms with Crippen molar-refractivity contribution in [3.05, 3.63) is 35.4 Å². The number of aliphatic imine (C=N–C) groups is 1. The quantitative estimate of drug-likeness (QED) is 0.598. The number of aliphatic hydroxyl groups excluding tert-OH is 1. The summed E-state index contributed by atoms with van der Waals surface area (Å²) in [7, 11) is 1.88. The van der Waals surface area contributed by atoms with Crippen LogP contribution in [0.4, 0.5) is 0 Å². The molecule has 1 aromatic rings. The largest absolute Gasteiger partial charge is 0.393 e. The standard InChI is InChI=1S/C21H34N4OS/c1-3-20-16-25(12-13-27-20)21(22-2)23-14-17-4-6-18(7-5-17)15-24-10-8-19(26)9-11-24/h4-7,19-20,26H,3,8-16H2,1-2H3,(H,22,23). The van der Waals surface area contributed by atoms with Crippen molar-refractivity contribution in [3.63, 3.8) is 0 Å². The molecule has 0 amide bonds. The summed E-state index contributed by atoms with van der Waals surface area (Å²) >= 11 is 2.08. The molecule has 1 unspecified atom stereocenters. The van der Waals surface area contributed by atoms with Crippen molar-refractivity contribution in [2.24, 2.45) is 4.99 Å². The minimum atomic E-state index is -0.102. The number of hydrogen-bond acceptors (Lipinski definition) is 4. The topological polar surface area (TPSA) is 51.1 Å². The minimum absolute atomic E-state index is 0.102. The van der Waals surface area contributed by atoms with Crippen LogP contribution in [0.15, 0.2) is 29.3 Å². The molecular formula is C21H34N4OS. The van der Waals surface area contributed by atoms with Crippen LogP contribution in [0.3, 0.4) is 0 Å². The van der Waals surface area contributed by atoms with Gasteiger partial charge in [0.05, 0.1) is 6.10 Å². The first-order chi connectivity index (χ1) is 13.2. The maximum absolute atomic E-state index is 9.63. The third-order valence-electron chi connectivity index (χ3n) is 5.54. The van der Waals surface area contributed by atoms with Crippen LogP contribution in [0.2, 0.25) is 0 Å². The van der Waals surface area contributed by atoms with Crippen molar-refractivity contribution in [1.29, 1.82) is 0 Å². The molecule has 2 aliphatic rings. The van der Waals surface area contributed by atoms with E-state index in [-0.39, 0.29) is 6.10 Å². The first kappa shape index (κ1) is 20.5. The van der Waals surface area contributed by atoms with Crippen LogP contribution in [0.25, 0.3) is 0 Å². The van der Waals surface area contributed by atoms with Crippen molar-refractivity contribution < 1.29 is 5.11 Å². The Kier molecular flexibility index (Phi) is 7.85. The Morgan fingerprint density at radius 1 is 1.19 bits per heavy atom. The Hall–Kier alpha value is -1.24. The predicted octanol–water partition coefficient (Wildman–Crippen LogP) is 2.55. The lowest BCUT2D eigenvalue weighted by molar-refractivity contribution is 0.0792. The average Bonchev–Trinajstić information content (AvgIpc) is 2.71. The molecular weight excluding hydrogens is 356 g/mol. The van der Waals surface area contributed by atoms with Gasteiger partial charge in [-0.15, -0.1) is 0 Å². The van der Waals surface area contributed by atoms with Crippen LogP contribution in [-0.2, 0) is 13.1 Å². The van der Waals surface area contributed by atoms with Crippen molar-refractivity contribution in [1.82, 2.24) is 15.1 Å². The summed E-state index contributed by atoms with van der Waals surface area (Å²) in [5.41, 5.74) is 2.63. The zero-order valence-corrected chi connectivity index (χ0v) is 17.5. The molecule has 0 radical (unpaired) electrons. The molecule has 6 heteroatoms. The van der Waals surface area contributed by atoms with E-state index in [1.807, 2.05) is 7.05 Å². The monoisotopic (exact) mass is 390 g/mol. The Balaban J connectivity index is 1.47. The predicted molar refractivity (Wildman–Crippen MR) is 115 cm³/mol. The van der Waals surface area contributed by atoms with Gasteiger partial charge in [0.1, 0.15) is 0 Å². The zero-order chi connectivity index (χ0) is 19.1. The van der Waals surface area contributed by atoms with Crippen LogP contribution < -0.4 is 5.32 Å². The van der Waals surface area contributed by atoms with Gasteiger partial charge in [0.2, 0.25) is 0 Å². The number of piperidine rings is 1. The lowest BCUT2D eigenvalue weighted by Gasteiger charge is -2.34. The molecule has 2 heterocycles. The van der Waals surface area contributed by atoms with E-state index in [0.717, 1.165) is 58.1 Å². The van der Waals surface area contributed by atoms with Gasteiger partial charge in [-0.25, -0.2) is 0 Å². The van der Waals surface area contributed by atoms with Gasteiger partial charge in [-0.3, -0.25) is 9.89 Å². The number of thioether (sulfide) groups is 1. The van der Waals surface area contributed by atoms with Gasteiger partial charge in [-0.2, -0.15) is 11.8 Å². The number of hydrogen-bond donors (Lipinski definition) is 2. The molecule has 0 aliphatic carbocycles. The summed E-state index contributed by atoms with van der Waals surface area (Å²) in [6.07, 6.45) is 2.91. The van der Waals surface area contributed by atoms with Gasteiger partial charge in [0, 0.05) is 57.3 Å². The fourth-order valence-corrected chi connectivity index (χ4v) is 4.95. The van der Waals surface area contributed by atoms with Crippen LogP contribution in [-0.4, -0.2) is 71.2 Å². The molecule has 0 spiro atoms. The number of rotatable bonds is 5. The lowest BCUT2D eigenvalue weighted by Crippen LogP contribution is -2.47. The Bertz CT molecular complexity index is 599. The maximum Gasteiger partial charge on any atom is 0.193 e. The minimum Gasteiger partial charge on any atom is -0.393 e. The summed E-state index contributed by atoms with van der Waals surface area (Å²) in [5.74, 6) is 2.20. The normalized spacial score (nSPS) is 22.9. The number of aliphatic hydroxyl groups is 1. The van der Waals surface area contributed by atoms with Crippen LogP contribution in [0.5, 0.6) is 0 Å². The molecule has 5 nitrogen and oxygen atoms in total. The van der Waals surface area contributed by atoms with Gasteiger partial charge in [-0.1, -0.05) is 31.2 Å². The molecule has 0 aromatic heterocycles. The molecule has 0 bridgehead atoms. The number of likely N-dealkylation sites (tertiary alicyclic amines) is 1. The fraction of sp³-hybridized carbons (Fsp3) is 0.667. The van der Waals surface area contributed by atoms with Crippen LogP contribution in [0, 0.1) is 0 Å². The molecule has 27 heavy (non-hydrogen) atoms. The van der Waals surface area contributed by atoms with E-state index in [2.05, 4.69) is 63.1 Å². The van der Waals surface area contributed by atoms with Crippen molar-refractivity contribution in [2.75, 3.05) is 39.0 Å². The first-order valence-electron chi connectivity index (χ1n) is 10.2. The summed E-state index contributed by atoms with van der Waals surface area (Å²) in [6.45, 7) is 8.20. The first-order valence-corrected chi connectivity index (χ1v) is 11.3. The highest BCUT2D eigenvalue weighted by molar-refractivity contribution is 8.00. The molecule has 1 aromatic carbocycles. The van der Waals surface area contributed by atoms with E-state index in [1.54, 1.807) is 0 Å². The van der Waals surface area contributed by atoms with E-state index in [1.165, 1.54) is 23.3 Å². The third kappa shape index (κ3) is 6.13. The Morgan fingerprint density at radius 3 is 2.56 bits per heavy atom. The second-order valence-electron chi connectivity index (χ2n) is 7.57. The molecule has 2 fully saturated rings. The molecule has 150 valence electrons. The number of benzene rings is 1. The Labute approximate surface area is 168 Å². The van der Waals surface area contributed by atoms with E-state index in [4.69, 9.17) is 0 Å². The molecule has 2 N–H and O–H groups in total. The summed E-state index contributed by atoms with van der Waals surface area (Å²) in [6, 6.07) is 8.90. The van der Waals surface area contributed by atoms with Crippen molar-refractivity contribution >= 4 is 17.7 Å². The summed E-state index contributed by atoms with van der Waals surface area (Å²) in [4.78, 5) is 9.32. The molecule has 1 atom stereocenters. The molecule has 2 aliphatic heterocycles. The Morgan fingerprint density at radius 2 is 1.89 bits per heavy atom. The van der Waals surface area contributed by atoms with Gasteiger partial charge in [0.15, 0.2) is 5.96 Å². The van der Waals surface area contributed by atoms with E-state index >= 15 is 0 Å². The van der Waals surface area contributed by atoms with Crippen molar-refractivity contribution in [3.8, 4) is 0 Å². The fourth-order valence-electron chi connectivity index (χ4n) is 3.77. The second kappa shape index (κ2) is 10.3. The average molecular weight is 391 g/mol. The summed E-state index contributed by atoms with van der Waals surface area (Å²) < 4.78 is 0. The SMILES string of the molecule is CCC1CN(C(=NC)NCc2ccc(CN3CCC(O)CC3)cc2)CCS1. The summed E-state index contributed by atoms with van der Waals surface area (Å²) in [5, 5.41) is 13.9. The van der Waals surface area contributed by atoms with Crippen LogP contribution in [0.1, 0.15) is 37.3 Å². The van der Waals surface area contributed by atoms with Gasteiger partial charge in [0.25, 0.3) is 0 Å². The lowest BCUT2D eigenvalue weighted by atomic mass is 10.1. The smallest absolute Gasteiger partial charge is 0.193 e. The van der Waals surface area contributed by atoms with Gasteiger partial charge in [-0.05, 0) is 30.4 Å². The third-order valence-corrected chi connectivity index (χ3v) is 6.91. The van der Waals surface area contributed by atoms with Crippen molar-refractivity contribution in [2.45, 2.75) is 50.6 Å². The van der Waals surface area contributed by atoms with E-state index < -0.39 is 0 Å². The highest BCUT2D eigenvalue weighted by atomic mass is 32.2. The van der Waals surface area contributed by atoms with Gasteiger partial charge >= 0.3 is 0 Å². The second-order valence-corrected chi connectivity index (χ2v) is 8.98.